The fourth-order valence-electron chi connectivity index (χ4n) is 3.34. The van der Waals surface area contributed by atoms with Gasteiger partial charge in [-0.05, 0) is 30.5 Å². The molecule has 1 aromatic heterocycles. The number of nitrogens with two attached hydrogens (primary N) is 1. The Morgan fingerprint density at radius 1 is 1.27 bits per heavy atom. The molecule has 2 fully saturated rings. The SMILES string of the molecule is I.NC(=NCC1(c2cccc(F)c2)CC1)N1CCN(c2nccs2)CC1. The molecule has 1 saturated carbocycles. The van der Waals surface area contributed by atoms with E-state index in [0.717, 1.165) is 49.7 Å². The predicted molar refractivity (Wildman–Crippen MR) is 115 cm³/mol. The van der Waals surface area contributed by atoms with Crippen molar-refractivity contribution >= 4 is 46.4 Å². The molecule has 0 unspecified atom stereocenters. The Morgan fingerprint density at radius 3 is 2.65 bits per heavy atom. The summed E-state index contributed by atoms with van der Waals surface area (Å²) in [7, 11) is 0. The number of anilines is 1. The van der Waals surface area contributed by atoms with Crippen LogP contribution in [0.3, 0.4) is 0 Å². The largest absolute Gasteiger partial charge is 0.370 e. The molecule has 2 aromatic rings. The Balaban J connectivity index is 0.00000196. The topological polar surface area (TPSA) is 57.8 Å². The van der Waals surface area contributed by atoms with Gasteiger partial charge in [-0.3, -0.25) is 4.99 Å². The number of hydrogen-bond acceptors (Lipinski definition) is 4. The lowest BCUT2D eigenvalue weighted by Crippen LogP contribution is -2.51. The molecule has 140 valence electrons. The molecule has 0 spiro atoms. The summed E-state index contributed by atoms with van der Waals surface area (Å²) in [4.78, 5) is 13.4. The highest BCUT2D eigenvalue weighted by Gasteiger charge is 2.44. The number of aromatic nitrogens is 1. The van der Waals surface area contributed by atoms with Gasteiger partial charge < -0.3 is 15.5 Å². The second kappa shape index (κ2) is 8.08. The first-order valence-electron chi connectivity index (χ1n) is 8.62. The van der Waals surface area contributed by atoms with Gasteiger partial charge in [0.15, 0.2) is 11.1 Å². The maximum Gasteiger partial charge on any atom is 0.191 e. The Labute approximate surface area is 174 Å². The van der Waals surface area contributed by atoms with Crippen molar-refractivity contribution in [2.75, 3.05) is 37.6 Å². The highest BCUT2D eigenvalue weighted by atomic mass is 127. The van der Waals surface area contributed by atoms with E-state index in [0.29, 0.717) is 12.5 Å². The number of rotatable bonds is 4. The zero-order chi connectivity index (χ0) is 17.3. The third kappa shape index (κ3) is 4.11. The average molecular weight is 487 g/mol. The summed E-state index contributed by atoms with van der Waals surface area (Å²) >= 11 is 1.66. The lowest BCUT2D eigenvalue weighted by molar-refractivity contribution is 0.380. The summed E-state index contributed by atoms with van der Waals surface area (Å²) in [5.74, 6) is 0.417. The van der Waals surface area contributed by atoms with Crippen LogP contribution in [0.25, 0.3) is 0 Å². The lowest BCUT2D eigenvalue weighted by atomic mass is 9.96. The monoisotopic (exact) mass is 487 g/mol. The highest BCUT2D eigenvalue weighted by Crippen LogP contribution is 2.48. The number of guanidine groups is 1. The number of benzene rings is 1. The van der Waals surface area contributed by atoms with Crippen LogP contribution in [-0.4, -0.2) is 48.6 Å². The zero-order valence-corrected chi connectivity index (χ0v) is 17.6. The third-order valence-corrected chi connectivity index (χ3v) is 5.96. The molecule has 0 atom stereocenters. The lowest BCUT2D eigenvalue weighted by Gasteiger charge is -2.35. The number of thiazole rings is 1. The second-order valence-corrected chi connectivity index (χ2v) is 7.63. The van der Waals surface area contributed by atoms with E-state index in [1.807, 2.05) is 17.6 Å². The maximum absolute atomic E-state index is 13.5. The van der Waals surface area contributed by atoms with E-state index in [1.165, 1.54) is 6.07 Å². The van der Waals surface area contributed by atoms with Gasteiger partial charge in [-0.15, -0.1) is 35.3 Å². The van der Waals surface area contributed by atoms with Crippen molar-refractivity contribution in [2.24, 2.45) is 10.7 Å². The Morgan fingerprint density at radius 2 is 2.04 bits per heavy atom. The van der Waals surface area contributed by atoms with Crippen LogP contribution in [0.4, 0.5) is 9.52 Å². The summed E-state index contributed by atoms with van der Waals surface area (Å²) in [5, 5.41) is 3.07. The standard InChI is InChI=1S/C18H22FN5S.HI/c19-15-3-1-2-14(12-15)18(4-5-18)13-22-16(20)23-7-9-24(10-8-23)17-21-6-11-25-17;/h1-3,6,11-12H,4-5,7-10,13H2,(H2,20,22);1H. The van der Waals surface area contributed by atoms with E-state index in [2.05, 4.69) is 19.8 Å². The van der Waals surface area contributed by atoms with Crippen molar-refractivity contribution in [3.8, 4) is 0 Å². The molecule has 4 rings (SSSR count). The molecule has 1 aliphatic carbocycles. The molecule has 1 saturated heterocycles. The van der Waals surface area contributed by atoms with Crippen molar-refractivity contribution in [3.63, 3.8) is 0 Å². The summed E-state index contributed by atoms with van der Waals surface area (Å²) in [6.07, 6.45) is 3.93. The quantitative estimate of drug-likeness (QED) is 0.409. The van der Waals surface area contributed by atoms with Gasteiger partial charge in [-0.25, -0.2) is 9.37 Å². The number of aliphatic imine (C=N–C) groups is 1. The first-order valence-corrected chi connectivity index (χ1v) is 9.50. The summed E-state index contributed by atoms with van der Waals surface area (Å²) in [5.41, 5.74) is 7.25. The second-order valence-electron chi connectivity index (χ2n) is 6.75. The highest BCUT2D eigenvalue weighted by molar-refractivity contribution is 14.0. The minimum Gasteiger partial charge on any atom is -0.370 e. The molecule has 8 heteroatoms. The van der Waals surface area contributed by atoms with Crippen LogP contribution >= 0.6 is 35.3 Å². The predicted octanol–water partition coefficient (Wildman–Crippen LogP) is 3.07. The van der Waals surface area contributed by atoms with Crippen molar-refractivity contribution < 1.29 is 4.39 Å². The Bertz CT molecular complexity index is 755. The fourth-order valence-corrected chi connectivity index (χ4v) is 4.04. The van der Waals surface area contributed by atoms with Gasteiger partial charge >= 0.3 is 0 Å². The molecule has 1 aliphatic heterocycles. The number of nitrogens with zero attached hydrogens (tertiary/aromatic N) is 4. The molecular weight excluding hydrogens is 464 g/mol. The first-order chi connectivity index (χ1) is 12.2. The minimum atomic E-state index is -0.181. The molecule has 1 aromatic carbocycles. The molecule has 5 nitrogen and oxygen atoms in total. The van der Waals surface area contributed by atoms with Crippen LogP contribution < -0.4 is 10.6 Å². The maximum atomic E-state index is 13.5. The van der Waals surface area contributed by atoms with Crippen LogP contribution in [0, 0.1) is 5.82 Å². The smallest absolute Gasteiger partial charge is 0.191 e. The van der Waals surface area contributed by atoms with E-state index in [4.69, 9.17) is 5.73 Å². The first kappa shape index (κ1) is 19.3. The van der Waals surface area contributed by atoms with E-state index >= 15 is 0 Å². The molecule has 0 bridgehead atoms. The molecule has 0 amide bonds. The van der Waals surface area contributed by atoms with Crippen molar-refractivity contribution in [1.29, 1.82) is 0 Å². The van der Waals surface area contributed by atoms with Crippen LogP contribution in [-0.2, 0) is 5.41 Å². The van der Waals surface area contributed by atoms with Gasteiger partial charge in [-0.1, -0.05) is 12.1 Å². The molecule has 2 aliphatic rings. The summed E-state index contributed by atoms with van der Waals surface area (Å²) in [6.45, 7) is 4.14. The number of hydrogen-bond donors (Lipinski definition) is 1. The van der Waals surface area contributed by atoms with Crippen LogP contribution in [0.2, 0.25) is 0 Å². The van der Waals surface area contributed by atoms with E-state index in [-0.39, 0.29) is 35.2 Å². The van der Waals surface area contributed by atoms with Crippen LogP contribution in [0.1, 0.15) is 18.4 Å². The Hall–Kier alpha value is -1.42. The Kier molecular flexibility index (Phi) is 6.01. The minimum absolute atomic E-state index is 0. The summed E-state index contributed by atoms with van der Waals surface area (Å²) < 4.78 is 13.5. The van der Waals surface area contributed by atoms with Gasteiger partial charge in [0.2, 0.25) is 0 Å². The van der Waals surface area contributed by atoms with E-state index < -0.39 is 0 Å². The average Bonchev–Trinajstić information content (AvgIpc) is 3.23. The van der Waals surface area contributed by atoms with Crippen molar-refractivity contribution in [1.82, 2.24) is 9.88 Å². The fraction of sp³-hybridized carbons (Fsp3) is 0.444. The van der Waals surface area contributed by atoms with E-state index in [9.17, 15) is 4.39 Å². The molecule has 2 N–H and O–H groups in total. The van der Waals surface area contributed by atoms with E-state index in [1.54, 1.807) is 23.5 Å². The molecule has 2 heterocycles. The van der Waals surface area contributed by atoms with Gasteiger partial charge in [0.25, 0.3) is 0 Å². The number of halogens is 2. The van der Waals surface area contributed by atoms with Gasteiger partial charge in [0, 0.05) is 43.2 Å². The molecular formula is C18H23FIN5S. The van der Waals surface area contributed by atoms with Gasteiger partial charge in [-0.2, -0.15) is 0 Å². The number of piperazine rings is 1. The van der Waals surface area contributed by atoms with Gasteiger partial charge in [0.1, 0.15) is 5.82 Å². The van der Waals surface area contributed by atoms with Crippen molar-refractivity contribution in [2.45, 2.75) is 18.3 Å². The molecule has 26 heavy (non-hydrogen) atoms. The van der Waals surface area contributed by atoms with Crippen LogP contribution in [0.5, 0.6) is 0 Å². The molecule has 0 radical (unpaired) electrons. The van der Waals surface area contributed by atoms with Crippen molar-refractivity contribution in [3.05, 3.63) is 47.2 Å². The zero-order valence-electron chi connectivity index (χ0n) is 14.5. The normalized spacial score (nSPS) is 19.2. The van der Waals surface area contributed by atoms with Crippen LogP contribution in [0.15, 0.2) is 40.8 Å². The third-order valence-electron chi connectivity index (χ3n) is 5.13. The van der Waals surface area contributed by atoms with Gasteiger partial charge in [0.05, 0.1) is 6.54 Å². The summed E-state index contributed by atoms with van der Waals surface area (Å²) in [6, 6.07) is 6.88.